The van der Waals surface area contributed by atoms with Crippen LogP contribution in [0.4, 0.5) is 0 Å². The van der Waals surface area contributed by atoms with E-state index in [1.165, 1.54) is 15.9 Å². The van der Waals surface area contributed by atoms with Crippen molar-refractivity contribution in [1.29, 1.82) is 0 Å². The van der Waals surface area contributed by atoms with E-state index >= 15 is 0 Å². The molecule has 0 saturated heterocycles. The van der Waals surface area contributed by atoms with Crippen molar-refractivity contribution in [1.82, 2.24) is 0 Å². The molecule has 6 heteroatoms. The molecule has 24 heavy (non-hydrogen) atoms. The minimum absolute atomic E-state index is 0. The van der Waals surface area contributed by atoms with Gasteiger partial charge in [0, 0.05) is 0 Å². The van der Waals surface area contributed by atoms with Crippen LogP contribution in [0.3, 0.4) is 0 Å². The fourth-order valence-corrected chi connectivity index (χ4v) is 4.89. The third kappa shape index (κ3) is 7.41. The largest absolute Gasteiger partial charge is 3.00 e. The molecule has 0 aromatic heterocycles. The molecule has 0 bridgehead atoms. The summed E-state index contributed by atoms with van der Waals surface area (Å²) in [7, 11) is -0.877. The minimum atomic E-state index is -0.877. The van der Waals surface area contributed by atoms with E-state index in [0.717, 1.165) is 0 Å². The van der Waals surface area contributed by atoms with Gasteiger partial charge >= 0.3 is 19.5 Å². The first-order valence-electron chi connectivity index (χ1n) is 6.48. The Morgan fingerprint density at radius 1 is 0.375 bits per heavy atom. The average Bonchev–Trinajstić information content (AvgIpc) is 2.51. The Bertz CT molecular complexity index is 545. The summed E-state index contributed by atoms with van der Waals surface area (Å²) in [4.78, 5) is 0. The van der Waals surface area contributed by atoms with Gasteiger partial charge in [-0.1, -0.05) is 54.6 Å². The fourth-order valence-electron chi connectivity index (χ4n) is 2.31. The van der Waals surface area contributed by atoms with E-state index in [0.29, 0.717) is 0 Å². The molecule has 0 spiro atoms. The first-order valence-corrected chi connectivity index (χ1v) is 7.98. The summed E-state index contributed by atoms with van der Waals surface area (Å²) < 4.78 is 0. The van der Waals surface area contributed by atoms with Crippen LogP contribution in [0.25, 0.3) is 0 Å². The molecular formula is C18H16Cl4PRh. The van der Waals surface area contributed by atoms with E-state index in [2.05, 4.69) is 91.0 Å². The summed E-state index contributed by atoms with van der Waals surface area (Å²) in [5.74, 6) is 0. The van der Waals surface area contributed by atoms with Gasteiger partial charge in [-0.15, -0.1) is 0 Å². The minimum Gasteiger partial charge on any atom is -1.00 e. The first kappa shape index (κ1) is 28.7. The summed E-state index contributed by atoms with van der Waals surface area (Å²) in [5, 5.41) is 4.31. The molecule has 3 aromatic carbocycles. The Morgan fingerprint density at radius 2 is 0.583 bits per heavy atom. The molecule has 0 radical (unpaired) electrons. The molecule has 0 saturated carbocycles. The van der Waals surface area contributed by atoms with Crippen molar-refractivity contribution in [2.45, 2.75) is 0 Å². The van der Waals surface area contributed by atoms with Crippen molar-refractivity contribution in [3.8, 4) is 0 Å². The Morgan fingerprint density at radius 3 is 0.792 bits per heavy atom. The SMILES string of the molecule is [Cl-].[Cl-].[Cl-].[Cl-].[Rh+3].c1ccc([PH+](c2ccccc2)c2ccccc2)cc1. The maximum absolute atomic E-state index is 2.24. The number of halogens is 4. The van der Waals surface area contributed by atoms with Gasteiger partial charge in [-0.2, -0.15) is 0 Å². The van der Waals surface area contributed by atoms with Gasteiger partial charge in [0.15, 0.2) is 0 Å². The predicted octanol–water partition coefficient (Wildman–Crippen LogP) is -8.81. The van der Waals surface area contributed by atoms with Crippen LogP contribution >= 0.6 is 7.92 Å². The maximum Gasteiger partial charge on any atom is 3.00 e. The summed E-state index contributed by atoms with van der Waals surface area (Å²) >= 11 is 0. The second-order valence-corrected chi connectivity index (χ2v) is 6.96. The molecule has 0 aliphatic carbocycles. The van der Waals surface area contributed by atoms with Crippen molar-refractivity contribution < 1.29 is 69.1 Å². The van der Waals surface area contributed by atoms with Crippen molar-refractivity contribution in [2.24, 2.45) is 0 Å². The van der Waals surface area contributed by atoms with Crippen LogP contribution in [0.2, 0.25) is 0 Å². The molecule has 130 valence electrons. The molecule has 0 aliphatic rings. The summed E-state index contributed by atoms with van der Waals surface area (Å²) in [6, 6.07) is 32.5. The van der Waals surface area contributed by atoms with Crippen LogP contribution in [-0.4, -0.2) is 0 Å². The van der Waals surface area contributed by atoms with Crippen LogP contribution in [0.1, 0.15) is 0 Å². The van der Waals surface area contributed by atoms with Gasteiger partial charge in [0.2, 0.25) is 0 Å². The zero-order valence-corrected chi connectivity index (χ0v) is 18.2. The van der Waals surface area contributed by atoms with E-state index in [4.69, 9.17) is 0 Å². The standard InChI is InChI=1S/C18H15P.4ClH.Rh/c1-4-10-16(11-5-1)19(17-12-6-2-7-13-17)18-14-8-3-9-15-18;;;;;/h1-15H;4*1H;/q;;;;;+3/p-3. The van der Waals surface area contributed by atoms with Gasteiger partial charge in [0.25, 0.3) is 0 Å². The maximum atomic E-state index is 2.24. The second-order valence-electron chi connectivity index (χ2n) is 4.47. The van der Waals surface area contributed by atoms with Gasteiger partial charge in [-0.3, -0.25) is 0 Å². The molecule has 0 nitrogen and oxygen atoms in total. The molecule has 0 aliphatic heterocycles. The van der Waals surface area contributed by atoms with Crippen LogP contribution in [0.5, 0.6) is 0 Å². The van der Waals surface area contributed by atoms with Gasteiger partial charge in [-0.25, -0.2) is 0 Å². The number of hydrogen-bond acceptors (Lipinski definition) is 0. The Labute approximate surface area is 183 Å². The van der Waals surface area contributed by atoms with Crippen LogP contribution in [0.15, 0.2) is 91.0 Å². The van der Waals surface area contributed by atoms with E-state index < -0.39 is 7.92 Å². The normalized spacial score (nSPS) is 8.38. The molecular weight excluding hydrogens is 492 g/mol. The second kappa shape index (κ2) is 15.2. The Balaban J connectivity index is -0.000000882. The van der Waals surface area contributed by atoms with Gasteiger partial charge < -0.3 is 49.6 Å². The van der Waals surface area contributed by atoms with Gasteiger partial charge in [-0.05, 0) is 36.4 Å². The summed E-state index contributed by atoms with van der Waals surface area (Å²) in [5.41, 5.74) is 0. The third-order valence-corrected chi connectivity index (χ3v) is 5.92. The molecule has 3 aromatic rings. The number of hydrogen-bond donors (Lipinski definition) is 0. The monoisotopic (exact) mass is 506 g/mol. The molecule has 0 N–H and O–H groups in total. The smallest absolute Gasteiger partial charge is 1.00 e. The average molecular weight is 508 g/mol. The molecule has 0 fully saturated rings. The fraction of sp³-hybridized carbons (Fsp3) is 0. The van der Waals surface area contributed by atoms with Crippen molar-refractivity contribution in [2.75, 3.05) is 0 Å². The number of rotatable bonds is 3. The zero-order valence-electron chi connectivity index (χ0n) is 12.5. The summed E-state index contributed by atoms with van der Waals surface area (Å²) in [6.45, 7) is 0. The first-order chi connectivity index (χ1) is 9.45. The van der Waals surface area contributed by atoms with Crippen LogP contribution < -0.4 is 65.5 Å². The van der Waals surface area contributed by atoms with Crippen molar-refractivity contribution in [3.63, 3.8) is 0 Å². The van der Waals surface area contributed by atoms with Crippen LogP contribution in [0, 0.1) is 0 Å². The van der Waals surface area contributed by atoms with Gasteiger partial charge in [0.05, 0.1) is 7.92 Å². The molecule has 0 atom stereocenters. The Hall–Kier alpha value is -0.127. The summed E-state index contributed by atoms with van der Waals surface area (Å²) in [6.07, 6.45) is 0. The molecule has 0 unspecified atom stereocenters. The Kier molecular flexibility index (Phi) is 18.1. The topological polar surface area (TPSA) is 0 Å². The van der Waals surface area contributed by atoms with Crippen molar-refractivity contribution in [3.05, 3.63) is 91.0 Å². The van der Waals surface area contributed by atoms with Crippen molar-refractivity contribution >= 4 is 23.8 Å². The van der Waals surface area contributed by atoms with E-state index in [9.17, 15) is 0 Å². The molecule has 0 amide bonds. The zero-order chi connectivity index (χ0) is 12.9. The predicted molar refractivity (Wildman–Crippen MR) is 86.5 cm³/mol. The quantitative estimate of drug-likeness (QED) is 0.244. The van der Waals surface area contributed by atoms with E-state index in [1.807, 2.05) is 0 Å². The number of benzene rings is 3. The van der Waals surface area contributed by atoms with Crippen LogP contribution in [-0.2, 0) is 19.5 Å². The van der Waals surface area contributed by atoms with E-state index in [1.54, 1.807) is 0 Å². The molecule has 0 heterocycles. The molecule has 3 rings (SSSR count). The third-order valence-electron chi connectivity index (χ3n) is 3.19. The van der Waals surface area contributed by atoms with E-state index in [-0.39, 0.29) is 69.1 Å². The van der Waals surface area contributed by atoms with Gasteiger partial charge in [0.1, 0.15) is 15.9 Å².